The van der Waals surface area contributed by atoms with E-state index >= 15 is 0 Å². The highest BCUT2D eigenvalue weighted by Crippen LogP contribution is 2.36. The highest BCUT2D eigenvalue weighted by Gasteiger charge is 2.09. The fourth-order valence-electron chi connectivity index (χ4n) is 4.26. The second kappa shape index (κ2) is 6.80. The molecule has 0 N–H and O–H groups in total. The summed E-state index contributed by atoms with van der Waals surface area (Å²) >= 11 is 0. The maximum absolute atomic E-state index is 2.29. The van der Waals surface area contributed by atoms with Crippen molar-refractivity contribution < 1.29 is 0 Å². The van der Waals surface area contributed by atoms with Gasteiger partial charge in [0.2, 0.25) is 0 Å². The second-order valence-electron chi connectivity index (χ2n) is 7.82. The van der Waals surface area contributed by atoms with Gasteiger partial charge in [0.05, 0.1) is 0 Å². The molecule has 0 radical (unpaired) electrons. The van der Waals surface area contributed by atoms with Crippen LogP contribution in [0.5, 0.6) is 0 Å². The number of rotatable bonds is 4. The molecule has 0 aliphatic heterocycles. The topological polar surface area (TPSA) is 0 Å². The van der Waals surface area contributed by atoms with Crippen molar-refractivity contribution in [1.29, 1.82) is 0 Å². The summed E-state index contributed by atoms with van der Waals surface area (Å²) in [7, 11) is 0. The molecule has 136 valence electrons. The van der Waals surface area contributed by atoms with E-state index in [9.17, 15) is 0 Å². The van der Waals surface area contributed by atoms with Crippen molar-refractivity contribution in [2.75, 3.05) is 0 Å². The molecule has 0 saturated heterocycles. The zero-order chi connectivity index (χ0) is 19.1. The molecule has 0 aliphatic rings. The summed E-state index contributed by atoms with van der Waals surface area (Å²) in [5, 5.41) is 8.04. The molecule has 5 rings (SSSR count). The first-order valence-electron chi connectivity index (χ1n) is 10.2. The van der Waals surface area contributed by atoms with Gasteiger partial charge < -0.3 is 0 Å². The minimum absolute atomic E-state index is 0.621. The quantitative estimate of drug-likeness (QED) is 0.223. The first-order chi connectivity index (χ1) is 13.7. The van der Waals surface area contributed by atoms with Crippen molar-refractivity contribution in [2.45, 2.75) is 26.2 Å². The normalized spacial score (nSPS) is 13.2. The van der Waals surface area contributed by atoms with Crippen LogP contribution in [-0.2, 0) is 0 Å². The highest BCUT2D eigenvalue weighted by molar-refractivity contribution is 6.24. The molecule has 0 fully saturated rings. The van der Waals surface area contributed by atoms with Crippen LogP contribution in [0.2, 0.25) is 0 Å². The average Bonchev–Trinajstić information content (AvgIpc) is 2.76. The fourth-order valence-corrected chi connectivity index (χ4v) is 4.26. The van der Waals surface area contributed by atoms with E-state index < -0.39 is 0 Å². The standard InChI is InChI=1S/C28H24/c1-3-19(2)21-10-7-20(8-11-21)9-12-22-13-14-25-16-15-23-5-4-6-24-17-18-26(22)28(25)27(23)24/h4-19H,3H2,1-2H3. The Labute approximate surface area is 166 Å². The molecule has 28 heavy (non-hydrogen) atoms. The highest BCUT2D eigenvalue weighted by atomic mass is 14.1. The number of hydrogen-bond donors (Lipinski definition) is 0. The molecular weight excluding hydrogens is 336 g/mol. The first kappa shape index (κ1) is 17.0. The van der Waals surface area contributed by atoms with E-state index in [-0.39, 0.29) is 0 Å². The smallest absolute Gasteiger partial charge is 0.00208 e. The van der Waals surface area contributed by atoms with Crippen molar-refractivity contribution in [1.82, 2.24) is 0 Å². The van der Waals surface area contributed by atoms with Crippen LogP contribution >= 0.6 is 0 Å². The molecule has 0 aromatic heterocycles. The van der Waals surface area contributed by atoms with Crippen LogP contribution in [0.15, 0.2) is 78.9 Å². The summed E-state index contributed by atoms with van der Waals surface area (Å²) in [5.74, 6) is 0.621. The lowest BCUT2D eigenvalue weighted by molar-refractivity contribution is 0.733. The lowest BCUT2D eigenvalue weighted by Crippen LogP contribution is -1.90. The minimum atomic E-state index is 0.621. The van der Waals surface area contributed by atoms with Gasteiger partial charge in [0.1, 0.15) is 0 Å². The van der Waals surface area contributed by atoms with Crippen LogP contribution in [0.1, 0.15) is 42.9 Å². The lowest BCUT2D eigenvalue weighted by Gasteiger charge is -2.12. The molecule has 5 aromatic rings. The lowest BCUT2D eigenvalue weighted by atomic mass is 9.91. The summed E-state index contributed by atoms with van der Waals surface area (Å²) in [5.41, 5.74) is 3.94. The maximum atomic E-state index is 2.29. The Bertz CT molecular complexity index is 1270. The molecule has 0 nitrogen and oxygen atoms in total. The molecule has 0 heterocycles. The molecule has 0 saturated carbocycles. The van der Waals surface area contributed by atoms with Crippen LogP contribution in [0.25, 0.3) is 44.5 Å². The van der Waals surface area contributed by atoms with Crippen LogP contribution in [-0.4, -0.2) is 0 Å². The Morgan fingerprint density at radius 3 is 2.04 bits per heavy atom. The van der Waals surface area contributed by atoms with E-state index in [4.69, 9.17) is 0 Å². The summed E-state index contributed by atoms with van der Waals surface area (Å²) in [6.45, 7) is 4.53. The zero-order valence-electron chi connectivity index (χ0n) is 16.4. The van der Waals surface area contributed by atoms with Crippen LogP contribution in [0.3, 0.4) is 0 Å². The molecule has 0 amide bonds. The number of benzene rings is 5. The molecule has 0 aliphatic carbocycles. The molecule has 0 heteroatoms. The van der Waals surface area contributed by atoms with E-state index in [1.165, 1.54) is 55.4 Å². The SMILES string of the molecule is CCC(C)c1ccc(C=Cc2ccc3ccc4cccc5ccc2c3c45)cc1. The van der Waals surface area contributed by atoms with E-state index in [0.29, 0.717) is 5.92 Å². The summed E-state index contributed by atoms with van der Waals surface area (Å²) < 4.78 is 0. The largest absolute Gasteiger partial charge is 0.0648 e. The minimum Gasteiger partial charge on any atom is -0.0648 e. The van der Waals surface area contributed by atoms with Crippen molar-refractivity contribution >= 4 is 44.5 Å². The molecule has 0 spiro atoms. The second-order valence-corrected chi connectivity index (χ2v) is 7.82. The third kappa shape index (κ3) is 2.77. The summed E-state index contributed by atoms with van der Waals surface area (Å²) in [6.07, 6.45) is 5.66. The monoisotopic (exact) mass is 360 g/mol. The molecular formula is C28H24. The van der Waals surface area contributed by atoms with Crippen molar-refractivity contribution in [3.8, 4) is 0 Å². The first-order valence-corrected chi connectivity index (χ1v) is 10.2. The van der Waals surface area contributed by atoms with Crippen molar-refractivity contribution in [3.63, 3.8) is 0 Å². The van der Waals surface area contributed by atoms with Gasteiger partial charge in [-0.1, -0.05) is 105 Å². The van der Waals surface area contributed by atoms with Gasteiger partial charge in [0.25, 0.3) is 0 Å². The molecule has 5 aromatic carbocycles. The van der Waals surface area contributed by atoms with Crippen molar-refractivity contribution in [3.05, 3.63) is 95.6 Å². The third-order valence-electron chi connectivity index (χ3n) is 6.14. The van der Waals surface area contributed by atoms with Gasteiger partial charge in [0, 0.05) is 0 Å². The van der Waals surface area contributed by atoms with E-state index in [1.54, 1.807) is 0 Å². The average molecular weight is 361 g/mol. The Morgan fingerprint density at radius 1 is 0.679 bits per heavy atom. The van der Waals surface area contributed by atoms with E-state index in [2.05, 4.69) is 105 Å². The van der Waals surface area contributed by atoms with Crippen molar-refractivity contribution in [2.24, 2.45) is 0 Å². The van der Waals surface area contributed by atoms with Crippen LogP contribution in [0.4, 0.5) is 0 Å². The molecule has 1 unspecified atom stereocenters. The fraction of sp³-hybridized carbons (Fsp3) is 0.143. The van der Waals surface area contributed by atoms with Gasteiger partial charge in [-0.25, -0.2) is 0 Å². The molecule has 0 bridgehead atoms. The van der Waals surface area contributed by atoms with Gasteiger partial charge in [-0.15, -0.1) is 0 Å². The van der Waals surface area contributed by atoms with Gasteiger partial charge >= 0.3 is 0 Å². The predicted octanol–water partition coefficient (Wildman–Crippen LogP) is 8.27. The summed E-state index contributed by atoms with van der Waals surface area (Å²) in [4.78, 5) is 0. The van der Waals surface area contributed by atoms with Gasteiger partial charge in [-0.05, 0) is 61.3 Å². The third-order valence-corrected chi connectivity index (χ3v) is 6.14. The maximum Gasteiger partial charge on any atom is -0.00208 e. The Hall–Kier alpha value is -3.12. The number of hydrogen-bond acceptors (Lipinski definition) is 0. The van der Waals surface area contributed by atoms with Crippen LogP contribution in [0, 0.1) is 0 Å². The van der Waals surface area contributed by atoms with Crippen LogP contribution < -0.4 is 0 Å². The summed E-state index contributed by atoms with van der Waals surface area (Å²) in [6, 6.07) is 29.0. The van der Waals surface area contributed by atoms with Gasteiger partial charge in [0.15, 0.2) is 0 Å². The molecule has 1 atom stereocenters. The Morgan fingerprint density at radius 2 is 1.32 bits per heavy atom. The zero-order valence-corrected chi connectivity index (χ0v) is 16.4. The van der Waals surface area contributed by atoms with E-state index in [1.807, 2.05) is 0 Å². The Balaban J connectivity index is 1.60. The van der Waals surface area contributed by atoms with Gasteiger partial charge in [-0.2, -0.15) is 0 Å². The predicted molar refractivity (Wildman–Crippen MR) is 124 cm³/mol. The van der Waals surface area contributed by atoms with E-state index in [0.717, 1.165) is 0 Å². The van der Waals surface area contributed by atoms with Gasteiger partial charge in [-0.3, -0.25) is 0 Å². The Kier molecular flexibility index (Phi) is 4.13.